The quantitative estimate of drug-likeness (QED) is 0.247. The Morgan fingerprint density at radius 2 is 1.09 bits per heavy atom. The first-order valence-electron chi connectivity index (χ1n) is 1.28. The SMILES string of the molecule is O=C([O-])[O-].O=S(=O)([O-])[O-].[Ba+2].[Ca+2]. The molecule has 0 aromatic rings. The van der Waals surface area contributed by atoms with Crippen molar-refractivity contribution < 1.29 is 32.5 Å². The van der Waals surface area contributed by atoms with Crippen LogP contribution in [0.2, 0.25) is 0 Å². The van der Waals surface area contributed by atoms with Gasteiger partial charge in [0.2, 0.25) is 0 Å². The Hall–Kier alpha value is 1.97. The fourth-order valence-corrected chi connectivity index (χ4v) is 0. The largest absolute Gasteiger partial charge is 2.00 e. The van der Waals surface area contributed by atoms with E-state index < -0.39 is 16.6 Å². The number of carboxylic acid groups (broad SMARTS) is 2. The molecule has 0 saturated heterocycles. The first-order chi connectivity index (χ1) is 3.73. The summed E-state index contributed by atoms with van der Waals surface area (Å²) in [6.07, 6.45) is -2.33. The zero-order chi connectivity index (χ0) is 8.08. The molecule has 10 heteroatoms. The van der Waals surface area contributed by atoms with E-state index >= 15 is 0 Å². The van der Waals surface area contributed by atoms with Gasteiger partial charge >= 0.3 is 86.6 Å². The van der Waals surface area contributed by atoms with Crippen LogP contribution >= 0.6 is 0 Å². The van der Waals surface area contributed by atoms with Crippen LogP contribution in [-0.2, 0) is 10.4 Å². The van der Waals surface area contributed by atoms with Gasteiger partial charge in [0.15, 0.2) is 0 Å². The van der Waals surface area contributed by atoms with Crippen LogP contribution in [0.1, 0.15) is 0 Å². The second-order valence-electron chi connectivity index (χ2n) is 0.658. The Morgan fingerprint density at radius 1 is 1.09 bits per heavy atom. The molecule has 0 atom stereocenters. The Balaban J connectivity index is -0.0000000383. The normalized spacial score (nSPS) is 7.45. The van der Waals surface area contributed by atoms with E-state index in [2.05, 4.69) is 0 Å². The molecule has 7 nitrogen and oxygen atoms in total. The molecule has 0 aliphatic carbocycles. The van der Waals surface area contributed by atoms with Crippen molar-refractivity contribution in [1.29, 1.82) is 0 Å². The van der Waals surface area contributed by atoms with E-state index in [0.29, 0.717) is 0 Å². The molecule has 0 aliphatic rings. The molecule has 0 N–H and O–H groups in total. The molecule has 56 valence electrons. The van der Waals surface area contributed by atoms with E-state index in [0.717, 1.165) is 0 Å². The maximum atomic E-state index is 8.52. The van der Waals surface area contributed by atoms with E-state index in [1.807, 2.05) is 0 Å². The van der Waals surface area contributed by atoms with Crippen molar-refractivity contribution in [2.24, 2.45) is 0 Å². The minimum absolute atomic E-state index is 0. The number of hydrogen-bond donors (Lipinski definition) is 0. The van der Waals surface area contributed by atoms with Crippen molar-refractivity contribution in [2.75, 3.05) is 0 Å². The third-order valence-electron chi connectivity index (χ3n) is 0. The van der Waals surface area contributed by atoms with E-state index in [4.69, 9.17) is 32.5 Å². The molecule has 0 aromatic heterocycles. The summed E-state index contributed by atoms with van der Waals surface area (Å²) in [5.41, 5.74) is 0. The molecule has 11 heavy (non-hydrogen) atoms. The molecule has 0 heterocycles. The molecular formula is CBaCaO7S. The molecule has 0 bridgehead atoms. The van der Waals surface area contributed by atoms with Gasteiger partial charge in [-0.1, -0.05) is 0 Å². The molecule has 0 aromatic carbocycles. The minimum atomic E-state index is -5.17. The van der Waals surface area contributed by atoms with Crippen LogP contribution in [0.3, 0.4) is 0 Å². The van der Waals surface area contributed by atoms with Crippen LogP contribution < -0.4 is 10.2 Å². The molecule has 0 unspecified atom stereocenters. The van der Waals surface area contributed by atoms with Gasteiger partial charge in [-0.2, -0.15) is 0 Å². The topological polar surface area (TPSA) is 143 Å². The summed E-state index contributed by atoms with van der Waals surface area (Å²) in [7, 11) is -5.17. The van der Waals surface area contributed by atoms with E-state index in [1.54, 1.807) is 0 Å². The molecule has 0 rings (SSSR count). The third-order valence-corrected chi connectivity index (χ3v) is 0. The van der Waals surface area contributed by atoms with Gasteiger partial charge in [-0.05, 0) is 6.16 Å². The summed E-state index contributed by atoms with van der Waals surface area (Å²) in [4.78, 5) is 8.33. The van der Waals surface area contributed by atoms with Crippen molar-refractivity contribution in [3.63, 3.8) is 0 Å². The van der Waals surface area contributed by atoms with Crippen molar-refractivity contribution in [2.45, 2.75) is 0 Å². The van der Waals surface area contributed by atoms with E-state index in [1.165, 1.54) is 0 Å². The molecular weight excluding hydrogens is 333 g/mol. The second kappa shape index (κ2) is 12.0. The van der Waals surface area contributed by atoms with Crippen molar-refractivity contribution in [3.8, 4) is 0 Å². The zero-order valence-corrected chi connectivity index (χ0v) is 12.6. The van der Waals surface area contributed by atoms with Gasteiger partial charge in [0, 0.05) is 10.4 Å². The third kappa shape index (κ3) is 306. The number of hydrogen-bond acceptors (Lipinski definition) is 7. The zero-order valence-electron chi connectivity index (χ0n) is 5.18. The monoisotopic (exact) mass is 334 g/mol. The van der Waals surface area contributed by atoms with Crippen LogP contribution in [0, 0.1) is 0 Å². The Bertz CT molecular complexity index is 161. The number of rotatable bonds is 0. The summed E-state index contributed by atoms with van der Waals surface area (Å²) in [5.74, 6) is 0. The molecule has 0 fully saturated rings. The van der Waals surface area contributed by atoms with Crippen molar-refractivity contribution in [3.05, 3.63) is 0 Å². The van der Waals surface area contributed by atoms with Gasteiger partial charge in [-0.25, -0.2) is 0 Å². The molecule has 0 radical (unpaired) electrons. The summed E-state index contributed by atoms with van der Waals surface area (Å²) in [6.45, 7) is 0. The predicted octanol–water partition coefficient (Wildman–Crippen LogP) is -4.55. The van der Waals surface area contributed by atoms with Crippen LogP contribution in [0.4, 0.5) is 4.79 Å². The number of carbonyl (C=O) groups is 1. The molecule has 0 aliphatic heterocycles. The van der Waals surface area contributed by atoms with E-state index in [-0.39, 0.29) is 86.6 Å². The average molecular weight is 333 g/mol. The van der Waals surface area contributed by atoms with Gasteiger partial charge in [0.05, 0.1) is 0 Å². The summed E-state index contributed by atoms with van der Waals surface area (Å²) >= 11 is 0. The van der Waals surface area contributed by atoms with Crippen LogP contribution in [-0.4, -0.2) is 110 Å². The van der Waals surface area contributed by atoms with Gasteiger partial charge < -0.3 is 24.1 Å². The van der Waals surface area contributed by atoms with Gasteiger partial charge in [0.25, 0.3) is 0 Å². The fraction of sp³-hybridized carbons (Fsp3) is 0. The van der Waals surface area contributed by atoms with Crippen LogP contribution in [0.25, 0.3) is 0 Å². The predicted molar refractivity (Wildman–Crippen MR) is 27.4 cm³/mol. The maximum Gasteiger partial charge on any atom is 2.00 e. The fourth-order valence-electron chi connectivity index (χ4n) is 0. The Morgan fingerprint density at radius 3 is 1.09 bits per heavy atom. The molecule has 0 spiro atoms. The molecule has 0 saturated carbocycles. The molecule has 0 amide bonds. The number of carbonyl (C=O) groups excluding carboxylic acids is 1. The smallest absolute Gasteiger partial charge is 0.759 e. The first kappa shape index (κ1) is 23.1. The van der Waals surface area contributed by atoms with Crippen LogP contribution in [0.15, 0.2) is 0 Å². The minimum Gasteiger partial charge on any atom is -0.759 e. The van der Waals surface area contributed by atoms with Crippen LogP contribution in [0.5, 0.6) is 0 Å². The summed E-state index contributed by atoms with van der Waals surface area (Å²) in [6, 6.07) is 0. The second-order valence-corrected chi connectivity index (χ2v) is 1.47. The van der Waals surface area contributed by atoms with Gasteiger partial charge in [-0.15, -0.1) is 0 Å². The average Bonchev–Trinajstić information content (AvgIpc) is 1.19. The maximum absolute atomic E-state index is 8.52. The Labute approximate surface area is 133 Å². The first-order valence-corrected chi connectivity index (χ1v) is 2.61. The van der Waals surface area contributed by atoms with E-state index in [9.17, 15) is 0 Å². The standard InChI is InChI=1S/CH2O3.Ba.Ca.H2O4S/c2-1(3)4;;;1-5(2,3)4/h(H2,2,3,4);;;(H2,1,2,3,4)/q;2*+2;/p-4. The van der Waals surface area contributed by atoms with Crippen molar-refractivity contribution in [1.82, 2.24) is 0 Å². The van der Waals surface area contributed by atoms with Gasteiger partial charge in [-0.3, -0.25) is 8.42 Å². The summed E-state index contributed by atoms with van der Waals surface area (Å²) in [5, 5.41) is 16.7. The summed E-state index contributed by atoms with van der Waals surface area (Å²) < 4.78 is 34.1. The van der Waals surface area contributed by atoms with Gasteiger partial charge in [0.1, 0.15) is 0 Å². The van der Waals surface area contributed by atoms with Crippen molar-refractivity contribution >= 4 is 103 Å². The Kier molecular flexibility index (Phi) is 25.1.